The van der Waals surface area contributed by atoms with Gasteiger partial charge in [0.2, 0.25) is 5.91 Å². The highest BCUT2D eigenvalue weighted by molar-refractivity contribution is 14.0. The molecule has 2 N–H and O–H groups in total. The van der Waals surface area contributed by atoms with Gasteiger partial charge in [0.05, 0.1) is 19.3 Å². The van der Waals surface area contributed by atoms with Crippen molar-refractivity contribution in [1.29, 1.82) is 0 Å². The molecule has 27 heavy (non-hydrogen) atoms. The summed E-state index contributed by atoms with van der Waals surface area (Å²) in [6.45, 7) is 5.78. The van der Waals surface area contributed by atoms with Gasteiger partial charge in [0.25, 0.3) is 0 Å². The monoisotopic (exact) mass is 484 g/mol. The van der Waals surface area contributed by atoms with Gasteiger partial charge < -0.3 is 20.3 Å². The van der Waals surface area contributed by atoms with Gasteiger partial charge in [-0.15, -0.1) is 24.0 Å². The maximum absolute atomic E-state index is 12.4. The molecule has 0 aromatic heterocycles. The van der Waals surface area contributed by atoms with Gasteiger partial charge in [-0.2, -0.15) is 0 Å². The summed E-state index contributed by atoms with van der Waals surface area (Å²) < 4.78 is 5.34. The second-order valence-corrected chi connectivity index (χ2v) is 6.58. The van der Waals surface area contributed by atoms with Crippen LogP contribution in [0.3, 0.4) is 0 Å². The van der Waals surface area contributed by atoms with E-state index >= 15 is 0 Å². The number of amides is 1. The van der Waals surface area contributed by atoms with E-state index in [9.17, 15) is 4.79 Å². The number of anilines is 1. The first-order chi connectivity index (χ1) is 12.8. The van der Waals surface area contributed by atoms with Crippen molar-refractivity contribution in [3.05, 3.63) is 42.0 Å². The molecule has 1 unspecified atom stereocenters. The minimum Gasteiger partial charge on any atom is -0.377 e. The van der Waals surface area contributed by atoms with Crippen molar-refractivity contribution < 1.29 is 9.53 Å². The Bertz CT molecular complexity index is 663. The summed E-state index contributed by atoms with van der Waals surface area (Å²) in [5.74, 6) is 0.935. The first kappa shape index (κ1) is 21.7. The van der Waals surface area contributed by atoms with Crippen LogP contribution in [-0.4, -0.2) is 50.8 Å². The predicted octanol–water partition coefficient (Wildman–Crippen LogP) is 2.70. The van der Waals surface area contributed by atoms with Crippen LogP contribution in [0, 0.1) is 0 Å². The molecule has 1 aromatic carbocycles. The average Bonchev–Trinajstić information content (AvgIpc) is 3.03. The molecule has 1 atom stereocenters. The van der Waals surface area contributed by atoms with Crippen LogP contribution in [0.15, 0.2) is 47.0 Å². The Labute approximate surface area is 178 Å². The largest absolute Gasteiger partial charge is 0.377 e. The third kappa shape index (κ3) is 6.49. The summed E-state index contributed by atoms with van der Waals surface area (Å²) in [4.78, 5) is 18.9. The molecular weight excluding hydrogens is 455 g/mol. The normalized spacial score (nSPS) is 20.1. The molecule has 2 heterocycles. The Kier molecular flexibility index (Phi) is 9.06. The number of nitrogens with zero attached hydrogens (tertiary/aromatic N) is 2. The van der Waals surface area contributed by atoms with Crippen molar-refractivity contribution in [2.45, 2.75) is 32.2 Å². The van der Waals surface area contributed by atoms with Crippen LogP contribution in [0.1, 0.15) is 26.2 Å². The molecule has 0 bridgehead atoms. The zero-order chi connectivity index (χ0) is 18.2. The average molecular weight is 484 g/mol. The minimum atomic E-state index is 0. The topological polar surface area (TPSA) is 66.0 Å². The van der Waals surface area contributed by atoms with Gasteiger partial charge in [-0.25, -0.2) is 0 Å². The zero-order valence-electron chi connectivity index (χ0n) is 15.8. The number of carbonyl (C=O) groups excluding carboxylic acids is 1. The third-order valence-corrected chi connectivity index (χ3v) is 4.64. The van der Waals surface area contributed by atoms with E-state index in [0.717, 1.165) is 50.8 Å². The molecule has 1 amide bonds. The van der Waals surface area contributed by atoms with E-state index in [1.807, 2.05) is 42.2 Å². The lowest BCUT2D eigenvalue weighted by atomic mass is 10.1. The number of hydrogen-bond acceptors (Lipinski definition) is 3. The van der Waals surface area contributed by atoms with Crippen LogP contribution in [0.5, 0.6) is 0 Å². The lowest BCUT2D eigenvalue weighted by molar-refractivity contribution is -0.117. The standard InChI is InChI=1S/C20H28N4O2.HI/c1-2-21-20(22-11-8-16-9-12-26-13-10-16)23-17-14-19(25)24(15-17)18-6-4-3-5-7-18;/h3-7,9,17H,2,8,10-15H2,1H3,(H2,21,22,23);1H. The van der Waals surface area contributed by atoms with Gasteiger partial charge in [-0.1, -0.05) is 29.8 Å². The van der Waals surface area contributed by atoms with E-state index in [4.69, 9.17) is 4.74 Å². The molecule has 6 nitrogen and oxygen atoms in total. The highest BCUT2D eigenvalue weighted by Gasteiger charge is 2.31. The Morgan fingerprint density at radius 3 is 2.85 bits per heavy atom. The fourth-order valence-electron chi connectivity index (χ4n) is 3.28. The molecule has 0 spiro atoms. The van der Waals surface area contributed by atoms with Crippen LogP contribution in [-0.2, 0) is 9.53 Å². The molecule has 148 valence electrons. The van der Waals surface area contributed by atoms with E-state index in [2.05, 4.69) is 21.7 Å². The quantitative estimate of drug-likeness (QED) is 0.282. The van der Waals surface area contributed by atoms with E-state index in [1.54, 1.807) is 0 Å². The van der Waals surface area contributed by atoms with E-state index in [1.165, 1.54) is 5.57 Å². The molecule has 3 rings (SSSR count). The molecular formula is C20H29IN4O2. The SMILES string of the molecule is CCNC(=NCCC1=CCOCC1)NC1CC(=O)N(c2ccccc2)C1.I. The Morgan fingerprint density at radius 2 is 2.15 bits per heavy atom. The first-order valence-electron chi connectivity index (χ1n) is 9.42. The molecule has 7 heteroatoms. The number of halogens is 1. The van der Waals surface area contributed by atoms with Crippen molar-refractivity contribution in [1.82, 2.24) is 10.6 Å². The summed E-state index contributed by atoms with van der Waals surface area (Å²) >= 11 is 0. The molecule has 2 aliphatic rings. The number of hydrogen-bond donors (Lipinski definition) is 2. The maximum atomic E-state index is 12.4. The fourth-order valence-corrected chi connectivity index (χ4v) is 3.28. The number of para-hydroxylation sites is 1. The Hall–Kier alpha value is -1.61. The third-order valence-electron chi connectivity index (χ3n) is 4.64. The molecule has 1 fully saturated rings. The van der Waals surface area contributed by atoms with E-state index in [0.29, 0.717) is 13.0 Å². The first-order valence-corrected chi connectivity index (χ1v) is 9.42. The summed E-state index contributed by atoms with van der Waals surface area (Å²) in [6, 6.07) is 9.90. The molecule has 2 aliphatic heterocycles. The second kappa shape index (κ2) is 11.3. The number of carbonyl (C=O) groups is 1. The van der Waals surface area contributed by atoms with Gasteiger partial charge in [0.1, 0.15) is 0 Å². The number of ether oxygens (including phenoxy) is 1. The minimum absolute atomic E-state index is 0. The lowest BCUT2D eigenvalue weighted by Gasteiger charge is -2.19. The zero-order valence-corrected chi connectivity index (χ0v) is 18.1. The summed E-state index contributed by atoms with van der Waals surface area (Å²) in [5.41, 5.74) is 2.37. The van der Waals surface area contributed by atoms with Crippen molar-refractivity contribution in [3.63, 3.8) is 0 Å². The van der Waals surface area contributed by atoms with Crippen LogP contribution in [0.25, 0.3) is 0 Å². The summed E-state index contributed by atoms with van der Waals surface area (Å²) in [6.07, 6.45) is 4.61. The van der Waals surface area contributed by atoms with Crippen molar-refractivity contribution in [2.24, 2.45) is 4.99 Å². The second-order valence-electron chi connectivity index (χ2n) is 6.58. The number of nitrogens with one attached hydrogen (secondary N) is 2. The molecule has 0 radical (unpaired) electrons. The van der Waals surface area contributed by atoms with Crippen molar-refractivity contribution in [2.75, 3.05) is 37.7 Å². The van der Waals surface area contributed by atoms with Gasteiger partial charge in [-0.05, 0) is 31.9 Å². The van der Waals surface area contributed by atoms with Crippen molar-refractivity contribution >= 4 is 41.5 Å². The van der Waals surface area contributed by atoms with Crippen molar-refractivity contribution in [3.8, 4) is 0 Å². The molecule has 1 saturated heterocycles. The van der Waals surface area contributed by atoms with Gasteiger partial charge in [0, 0.05) is 31.7 Å². The van der Waals surface area contributed by atoms with Crippen LogP contribution < -0.4 is 15.5 Å². The maximum Gasteiger partial charge on any atom is 0.229 e. The summed E-state index contributed by atoms with van der Waals surface area (Å²) in [5, 5.41) is 6.70. The lowest BCUT2D eigenvalue weighted by Crippen LogP contribution is -2.44. The van der Waals surface area contributed by atoms with E-state index < -0.39 is 0 Å². The molecule has 0 aliphatic carbocycles. The molecule has 0 saturated carbocycles. The molecule has 1 aromatic rings. The van der Waals surface area contributed by atoms with Crippen LogP contribution >= 0.6 is 24.0 Å². The number of aliphatic imine (C=N–C) groups is 1. The van der Waals surface area contributed by atoms with Crippen LogP contribution in [0.4, 0.5) is 5.69 Å². The Morgan fingerprint density at radius 1 is 1.33 bits per heavy atom. The van der Waals surface area contributed by atoms with Gasteiger partial charge >= 0.3 is 0 Å². The fraction of sp³-hybridized carbons (Fsp3) is 0.500. The smallest absolute Gasteiger partial charge is 0.229 e. The highest BCUT2D eigenvalue weighted by Crippen LogP contribution is 2.21. The summed E-state index contributed by atoms with van der Waals surface area (Å²) in [7, 11) is 0. The predicted molar refractivity (Wildman–Crippen MR) is 120 cm³/mol. The van der Waals surface area contributed by atoms with Gasteiger partial charge in [-0.3, -0.25) is 9.79 Å². The number of guanidine groups is 1. The Balaban J connectivity index is 0.00000261. The highest BCUT2D eigenvalue weighted by atomic mass is 127. The van der Waals surface area contributed by atoms with Crippen LogP contribution in [0.2, 0.25) is 0 Å². The number of benzene rings is 1. The van der Waals surface area contributed by atoms with E-state index in [-0.39, 0.29) is 35.9 Å². The van der Waals surface area contributed by atoms with Gasteiger partial charge in [0.15, 0.2) is 5.96 Å². The number of rotatable bonds is 6.